The molecule has 0 aromatic heterocycles. The highest BCUT2D eigenvalue weighted by atomic mass is 35.5. The van der Waals surface area contributed by atoms with Gasteiger partial charge < -0.3 is 25.2 Å². The largest absolute Gasteiger partial charge is 0.477 e. The first-order valence-corrected chi connectivity index (χ1v) is 9.12. The van der Waals surface area contributed by atoms with Crippen molar-refractivity contribution in [1.82, 2.24) is 10.2 Å². The Bertz CT molecular complexity index is 904. The van der Waals surface area contributed by atoms with Crippen molar-refractivity contribution in [2.75, 3.05) is 12.4 Å². The molecule has 2 heterocycles. The maximum absolute atomic E-state index is 13.5. The summed E-state index contributed by atoms with van der Waals surface area (Å²) in [5, 5.41) is 20.8. The Balaban J connectivity index is 1.66. The second-order valence-corrected chi connectivity index (χ2v) is 7.42. The summed E-state index contributed by atoms with van der Waals surface area (Å²) < 4.78 is 70.7. The van der Waals surface area contributed by atoms with Gasteiger partial charge in [0, 0.05) is 5.75 Å². The van der Waals surface area contributed by atoms with E-state index in [2.05, 4.69) is 10.1 Å². The Morgan fingerprint density at radius 2 is 1.69 bits per heavy atom. The number of fused-ring (bicyclic) bond motifs is 1. The number of nitrogens with one attached hydrogen (secondary N) is 1. The van der Waals surface area contributed by atoms with Crippen LogP contribution in [0.4, 0.5) is 22.0 Å². The summed E-state index contributed by atoms with van der Waals surface area (Å²) in [6.07, 6.45) is -1.47. The highest BCUT2D eigenvalue weighted by Gasteiger charge is 2.53. The van der Waals surface area contributed by atoms with Crippen LogP contribution in [0.1, 0.15) is 0 Å². The Hall–Kier alpha value is -2.25. The van der Waals surface area contributed by atoms with Gasteiger partial charge in [-0.25, -0.2) is 18.0 Å². The number of carboxylic acid groups (broad SMARTS) is 1. The number of ether oxygens (including phenoxy) is 1. The van der Waals surface area contributed by atoms with Crippen molar-refractivity contribution in [3.8, 4) is 5.75 Å². The van der Waals surface area contributed by atoms with Crippen molar-refractivity contribution < 1.29 is 46.5 Å². The lowest BCUT2D eigenvalue weighted by Gasteiger charge is -2.55. The van der Waals surface area contributed by atoms with E-state index in [1.54, 1.807) is 0 Å². The normalized spacial score (nSPS) is 23.4. The van der Waals surface area contributed by atoms with Crippen LogP contribution >= 0.6 is 23.4 Å². The standard InChI is InChI=1S/C15H10ClF5N2O5S/c16-3-2-29-14-10(13(25)23(14)11(3)15(26)27)22-4(24)1-28-12-8(20)6(18)5(17)7(19)9(12)21/h10,13-14,25H,1-2H2,(H,22,24)(H,26,27)/t10-,13?,14-/m1/s1. The van der Waals surface area contributed by atoms with Crippen molar-refractivity contribution in [2.24, 2.45) is 0 Å². The van der Waals surface area contributed by atoms with Gasteiger partial charge in [0.2, 0.25) is 29.1 Å². The van der Waals surface area contributed by atoms with Gasteiger partial charge in [0.05, 0.1) is 5.03 Å². The molecule has 1 fully saturated rings. The van der Waals surface area contributed by atoms with Crippen LogP contribution in [0.15, 0.2) is 10.7 Å². The number of aliphatic hydroxyl groups is 1. The molecule has 1 amide bonds. The molecular formula is C15H10ClF5N2O5S. The summed E-state index contributed by atoms with van der Waals surface area (Å²) in [5.41, 5.74) is -0.328. The van der Waals surface area contributed by atoms with Crippen molar-refractivity contribution in [3.63, 3.8) is 0 Å². The van der Waals surface area contributed by atoms with Crippen LogP contribution in [0.3, 0.4) is 0 Å². The van der Waals surface area contributed by atoms with E-state index in [-0.39, 0.29) is 16.5 Å². The summed E-state index contributed by atoms with van der Waals surface area (Å²) in [4.78, 5) is 24.3. The number of halogens is 6. The average molecular weight is 461 g/mol. The summed E-state index contributed by atoms with van der Waals surface area (Å²) in [5.74, 6) is -15.2. The highest BCUT2D eigenvalue weighted by Crippen LogP contribution is 2.43. The molecule has 0 bridgehead atoms. The molecule has 158 valence electrons. The van der Waals surface area contributed by atoms with Crippen LogP contribution in [0, 0.1) is 29.1 Å². The maximum atomic E-state index is 13.5. The second-order valence-electron chi connectivity index (χ2n) is 5.86. The van der Waals surface area contributed by atoms with Crippen LogP contribution in [-0.2, 0) is 9.59 Å². The minimum atomic E-state index is -2.37. The summed E-state index contributed by atoms with van der Waals surface area (Å²) in [6, 6.07) is -0.994. The Labute approximate surface area is 168 Å². The van der Waals surface area contributed by atoms with Crippen LogP contribution < -0.4 is 10.1 Å². The molecule has 3 rings (SSSR count). The number of hydrogen-bond donors (Lipinski definition) is 3. The topological polar surface area (TPSA) is 99.1 Å². The first kappa shape index (κ1) is 21.5. The van der Waals surface area contributed by atoms with Crippen LogP contribution in [0.5, 0.6) is 5.75 Å². The highest BCUT2D eigenvalue weighted by molar-refractivity contribution is 8.00. The number of thioether (sulfide) groups is 1. The van der Waals surface area contributed by atoms with Crippen LogP contribution in [0.2, 0.25) is 0 Å². The molecule has 3 atom stereocenters. The van der Waals surface area contributed by atoms with Crippen molar-refractivity contribution in [3.05, 3.63) is 39.8 Å². The molecule has 0 spiro atoms. The summed E-state index contributed by atoms with van der Waals surface area (Å²) >= 11 is 6.95. The van der Waals surface area contributed by atoms with Gasteiger partial charge in [-0.2, -0.15) is 8.78 Å². The van der Waals surface area contributed by atoms with Crippen LogP contribution in [0.25, 0.3) is 0 Å². The molecule has 2 aliphatic heterocycles. The number of nitrogens with zero attached hydrogens (tertiary/aromatic N) is 1. The fourth-order valence-corrected chi connectivity index (χ4v) is 4.43. The van der Waals surface area contributed by atoms with Gasteiger partial charge in [-0.15, -0.1) is 11.8 Å². The zero-order chi connectivity index (χ0) is 21.6. The predicted molar refractivity (Wildman–Crippen MR) is 88.3 cm³/mol. The number of carbonyl (C=O) groups is 2. The van der Waals surface area contributed by atoms with Crippen molar-refractivity contribution in [2.45, 2.75) is 17.6 Å². The third-order valence-corrected chi connectivity index (χ3v) is 5.92. The fraction of sp³-hybridized carbons (Fsp3) is 0.333. The molecule has 0 radical (unpaired) electrons. The zero-order valence-electron chi connectivity index (χ0n) is 13.9. The average Bonchev–Trinajstić information content (AvgIpc) is 2.68. The molecule has 29 heavy (non-hydrogen) atoms. The molecule has 3 N–H and O–H groups in total. The van der Waals surface area contributed by atoms with Gasteiger partial charge in [-0.1, -0.05) is 11.6 Å². The Morgan fingerprint density at radius 1 is 1.14 bits per heavy atom. The molecule has 1 saturated heterocycles. The molecule has 1 aromatic rings. The van der Waals surface area contributed by atoms with Gasteiger partial charge in [0.15, 0.2) is 18.6 Å². The first-order chi connectivity index (χ1) is 13.6. The lowest BCUT2D eigenvalue weighted by Crippen LogP contribution is -2.73. The fourth-order valence-electron chi connectivity index (χ4n) is 2.80. The van der Waals surface area contributed by atoms with Gasteiger partial charge in [0.1, 0.15) is 17.1 Å². The molecular weight excluding hydrogens is 451 g/mol. The lowest BCUT2D eigenvalue weighted by atomic mass is 10.0. The SMILES string of the molecule is O=C(COc1c(F)c(F)c(F)c(F)c1F)N[C@@H]1C(O)N2C(C(=O)O)=C(Cl)CS[C@H]12. The van der Waals surface area contributed by atoms with Gasteiger partial charge in [0.25, 0.3) is 5.91 Å². The molecule has 0 saturated carbocycles. The number of aliphatic carboxylic acids is 1. The summed E-state index contributed by atoms with van der Waals surface area (Å²) in [6.45, 7) is -1.12. The van der Waals surface area contributed by atoms with E-state index >= 15 is 0 Å². The second kappa shape index (κ2) is 7.88. The quantitative estimate of drug-likeness (QED) is 0.348. The number of aliphatic hydroxyl groups excluding tert-OH is 1. The van der Waals surface area contributed by atoms with E-state index in [4.69, 9.17) is 11.6 Å². The third kappa shape index (κ3) is 3.57. The number of carboxylic acids is 1. The molecule has 2 aliphatic rings. The van der Waals surface area contributed by atoms with Gasteiger partial charge in [-0.3, -0.25) is 4.79 Å². The van der Waals surface area contributed by atoms with Gasteiger partial charge >= 0.3 is 5.97 Å². The van der Waals surface area contributed by atoms with Gasteiger partial charge in [-0.05, 0) is 0 Å². The lowest BCUT2D eigenvalue weighted by molar-refractivity contribution is -0.148. The number of carbonyl (C=O) groups excluding carboxylic acids is 1. The summed E-state index contributed by atoms with van der Waals surface area (Å²) in [7, 11) is 0. The molecule has 0 aliphatic carbocycles. The number of hydrogen-bond acceptors (Lipinski definition) is 6. The number of rotatable bonds is 5. The minimum Gasteiger partial charge on any atom is -0.477 e. The number of amides is 1. The zero-order valence-corrected chi connectivity index (χ0v) is 15.5. The molecule has 1 aromatic carbocycles. The third-order valence-electron chi connectivity index (χ3n) is 4.13. The molecule has 7 nitrogen and oxygen atoms in total. The van der Waals surface area contributed by atoms with Crippen LogP contribution in [-0.4, -0.2) is 57.0 Å². The minimum absolute atomic E-state index is 0.00257. The van der Waals surface area contributed by atoms with Crippen molar-refractivity contribution in [1.29, 1.82) is 0 Å². The van der Waals surface area contributed by atoms with E-state index in [0.29, 0.717) is 0 Å². The maximum Gasteiger partial charge on any atom is 0.353 e. The Kier molecular flexibility index (Phi) is 5.83. The smallest absolute Gasteiger partial charge is 0.353 e. The monoisotopic (exact) mass is 460 g/mol. The van der Waals surface area contributed by atoms with E-state index in [0.717, 1.165) is 16.7 Å². The predicted octanol–water partition coefficient (Wildman–Crippen LogP) is 1.49. The van der Waals surface area contributed by atoms with E-state index in [1.165, 1.54) is 0 Å². The first-order valence-electron chi connectivity index (χ1n) is 7.69. The van der Waals surface area contributed by atoms with E-state index < -0.39 is 71.0 Å². The molecule has 14 heteroatoms. The Morgan fingerprint density at radius 3 is 2.24 bits per heavy atom. The van der Waals surface area contributed by atoms with E-state index in [1.807, 2.05) is 0 Å². The number of benzene rings is 1. The van der Waals surface area contributed by atoms with Crippen molar-refractivity contribution >= 4 is 35.2 Å². The van der Waals surface area contributed by atoms with E-state index in [9.17, 15) is 41.8 Å². The molecule has 1 unspecified atom stereocenters.